The molecule has 1 fully saturated rings. The van der Waals surface area contributed by atoms with Crippen LogP contribution in [-0.2, 0) is 9.53 Å². The predicted octanol–water partition coefficient (Wildman–Crippen LogP) is 1.12. The summed E-state index contributed by atoms with van der Waals surface area (Å²) >= 11 is 6.12. The largest absolute Gasteiger partial charge is 0.480 e. The standard InChI is InChI=1S/C13H15ClN2O4/c1-13(20-5-11(17)18)6-16(7-13)10-3-2-8(12(15)19)4-9(10)14/h2-4H,5-7H2,1H3,(H2,15,19)(H,17,18). The minimum atomic E-state index is -0.992. The normalized spacial score (nSPS) is 16.6. The first-order chi connectivity index (χ1) is 9.31. The van der Waals surface area contributed by atoms with Crippen molar-refractivity contribution in [3.05, 3.63) is 28.8 Å². The molecule has 6 nitrogen and oxygen atoms in total. The number of carbonyl (C=O) groups is 2. The molecule has 1 aromatic rings. The number of ether oxygens (including phenoxy) is 1. The van der Waals surface area contributed by atoms with Gasteiger partial charge in [-0.2, -0.15) is 0 Å². The van der Waals surface area contributed by atoms with Crippen LogP contribution in [0.4, 0.5) is 5.69 Å². The second kappa shape index (κ2) is 5.30. The minimum Gasteiger partial charge on any atom is -0.480 e. The van der Waals surface area contributed by atoms with Gasteiger partial charge < -0.3 is 20.5 Å². The summed E-state index contributed by atoms with van der Waals surface area (Å²) in [5.74, 6) is -1.52. The predicted molar refractivity (Wildman–Crippen MR) is 74.2 cm³/mol. The van der Waals surface area contributed by atoms with Gasteiger partial charge >= 0.3 is 5.97 Å². The highest BCUT2D eigenvalue weighted by Gasteiger charge is 2.41. The molecule has 1 aromatic carbocycles. The van der Waals surface area contributed by atoms with E-state index in [0.29, 0.717) is 23.7 Å². The first kappa shape index (κ1) is 14.6. The third-order valence-corrected chi connectivity index (χ3v) is 3.47. The summed E-state index contributed by atoms with van der Waals surface area (Å²) in [5, 5.41) is 9.03. The summed E-state index contributed by atoms with van der Waals surface area (Å²) in [6.07, 6.45) is 0. The number of aliphatic carboxylic acids is 1. The molecule has 2 rings (SSSR count). The molecule has 1 aliphatic rings. The number of carboxylic acid groups (broad SMARTS) is 1. The molecule has 1 amide bonds. The Labute approximate surface area is 121 Å². The van der Waals surface area contributed by atoms with Gasteiger partial charge in [-0.1, -0.05) is 11.6 Å². The zero-order chi connectivity index (χ0) is 14.9. The number of hydrogen-bond donors (Lipinski definition) is 2. The van der Waals surface area contributed by atoms with E-state index in [-0.39, 0.29) is 6.61 Å². The molecule has 0 saturated carbocycles. The number of nitrogens with two attached hydrogens (primary N) is 1. The summed E-state index contributed by atoms with van der Waals surface area (Å²) in [7, 11) is 0. The number of benzene rings is 1. The molecule has 0 unspecified atom stereocenters. The molecule has 1 saturated heterocycles. The molecule has 1 aliphatic heterocycles. The topological polar surface area (TPSA) is 92.9 Å². The number of amides is 1. The molecule has 0 spiro atoms. The molecule has 108 valence electrons. The summed E-state index contributed by atoms with van der Waals surface area (Å²) < 4.78 is 5.32. The number of carboxylic acids is 1. The summed E-state index contributed by atoms with van der Waals surface area (Å²) in [6.45, 7) is 2.60. The fourth-order valence-electron chi connectivity index (χ4n) is 2.18. The number of anilines is 1. The third-order valence-electron chi connectivity index (χ3n) is 3.17. The zero-order valence-electron chi connectivity index (χ0n) is 10.9. The van der Waals surface area contributed by atoms with Gasteiger partial charge in [-0.05, 0) is 25.1 Å². The molecule has 1 heterocycles. The van der Waals surface area contributed by atoms with E-state index in [1.165, 1.54) is 6.07 Å². The van der Waals surface area contributed by atoms with E-state index < -0.39 is 17.5 Å². The Morgan fingerprint density at radius 3 is 2.65 bits per heavy atom. The van der Waals surface area contributed by atoms with Gasteiger partial charge in [0.05, 0.1) is 10.7 Å². The molecular formula is C13H15ClN2O4. The van der Waals surface area contributed by atoms with Crippen LogP contribution in [0.5, 0.6) is 0 Å². The molecule has 0 aliphatic carbocycles. The van der Waals surface area contributed by atoms with E-state index in [4.69, 9.17) is 27.2 Å². The Bertz CT molecular complexity index is 555. The second-order valence-corrected chi connectivity index (χ2v) is 5.43. The Balaban J connectivity index is 2.02. The van der Waals surface area contributed by atoms with Crippen molar-refractivity contribution in [1.29, 1.82) is 0 Å². The number of halogens is 1. The van der Waals surface area contributed by atoms with Crippen LogP contribution in [0.3, 0.4) is 0 Å². The molecule has 0 aromatic heterocycles. The van der Waals surface area contributed by atoms with Crippen LogP contribution in [0.25, 0.3) is 0 Å². The molecule has 0 atom stereocenters. The lowest BCUT2D eigenvalue weighted by molar-refractivity contribution is -0.150. The van der Waals surface area contributed by atoms with Gasteiger partial charge in [0.1, 0.15) is 12.2 Å². The maximum absolute atomic E-state index is 11.0. The lowest BCUT2D eigenvalue weighted by atomic mass is 9.95. The van der Waals surface area contributed by atoms with E-state index in [1.807, 2.05) is 11.8 Å². The van der Waals surface area contributed by atoms with Gasteiger partial charge in [0.15, 0.2) is 0 Å². The van der Waals surface area contributed by atoms with Crippen LogP contribution < -0.4 is 10.6 Å². The van der Waals surface area contributed by atoms with Gasteiger partial charge in [0.2, 0.25) is 5.91 Å². The molecule has 0 radical (unpaired) electrons. The van der Waals surface area contributed by atoms with E-state index in [9.17, 15) is 9.59 Å². The van der Waals surface area contributed by atoms with Gasteiger partial charge in [-0.25, -0.2) is 4.79 Å². The Hall–Kier alpha value is -1.79. The van der Waals surface area contributed by atoms with Gasteiger partial charge in [0.25, 0.3) is 0 Å². The Morgan fingerprint density at radius 1 is 1.50 bits per heavy atom. The number of hydrogen-bond acceptors (Lipinski definition) is 4. The average Bonchev–Trinajstić information content (AvgIpc) is 2.33. The van der Waals surface area contributed by atoms with Gasteiger partial charge in [-0.3, -0.25) is 4.79 Å². The van der Waals surface area contributed by atoms with Crippen molar-refractivity contribution in [2.75, 3.05) is 24.6 Å². The third kappa shape index (κ3) is 3.02. The SMILES string of the molecule is CC1(OCC(=O)O)CN(c2ccc(C(N)=O)cc2Cl)C1. The zero-order valence-corrected chi connectivity index (χ0v) is 11.7. The Kier molecular flexibility index (Phi) is 3.87. The van der Waals surface area contributed by atoms with E-state index in [1.54, 1.807) is 12.1 Å². The maximum Gasteiger partial charge on any atom is 0.329 e. The van der Waals surface area contributed by atoms with Crippen molar-refractivity contribution in [2.45, 2.75) is 12.5 Å². The van der Waals surface area contributed by atoms with E-state index >= 15 is 0 Å². The van der Waals surface area contributed by atoms with Crippen molar-refractivity contribution >= 4 is 29.2 Å². The quantitative estimate of drug-likeness (QED) is 0.849. The smallest absolute Gasteiger partial charge is 0.329 e. The number of carbonyl (C=O) groups excluding carboxylic acids is 1. The van der Waals surface area contributed by atoms with Gasteiger partial charge in [-0.15, -0.1) is 0 Å². The van der Waals surface area contributed by atoms with Crippen molar-refractivity contribution in [1.82, 2.24) is 0 Å². The number of primary amides is 1. The maximum atomic E-state index is 11.0. The lowest BCUT2D eigenvalue weighted by Crippen LogP contribution is -2.62. The first-order valence-electron chi connectivity index (χ1n) is 6.01. The monoisotopic (exact) mass is 298 g/mol. The minimum absolute atomic E-state index is 0.321. The number of rotatable bonds is 5. The van der Waals surface area contributed by atoms with Crippen molar-refractivity contribution < 1.29 is 19.4 Å². The van der Waals surface area contributed by atoms with E-state index in [0.717, 1.165) is 5.69 Å². The average molecular weight is 299 g/mol. The van der Waals surface area contributed by atoms with Crippen LogP contribution in [0.15, 0.2) is 18.2 Å². The molecular weight excluding hydrogens is 284 g/mol. The lowest BCUT2D eigenvalue weighted by Gasteiger charge is -2.48. The van der Waals surface area contributed by atoms with Crippen molar-refractivity contribution in [3.63, 3.8) is 0 Å². The first-order valence-corrected chi connectivity index (χ1v) is 6.39. The van der Waals surface area contributed by atoms with Crippen LogP contribution in [0, 0.1) is 0 Å². The van der Waals surface area contributed by atoms with Crippen LogP contribution in [0.1, 0.15) is 17.3 Å². The van der Waals surface area contributed by atoms with Crippen LogP contribution >= 0.6 is 11.6 Å². The highest BCUT2D eigenvalue weighted by atomic mass is 35.5. The van der Waals surface area contributed by atoms with Gasteiger partial charge in [0, 0.05) is 18.7 Å². The molecule has 0 bridgehead atoms. The fraction of sp³-hybridized carbons (Fsp3) is 0.385. The highest BCUT2D eigenvalue weighted by molar-refractivity contribution is 6.33. The van der Waals surface area contributed by atoms with E-state index in [2.05, 4.69) is 0 Å². The molecule has 7 heteroatoms. The van der Waals surface area contributed by atoms with Crippen LogP contribution in [-0.4, -0.2) is 42.3 Å². The van der Waals surface area contributed by atoms with Crippen molar-refractivity contribution in [3.8, 4) is 0 Å². The van der Waals surface area contributed by atoms with Crippen LogP contribution in [0.2, 0.25) is 5.02 Å². The Morgan fingerprint density at radius 2 is 2.15 bits per heavy atom. The highest BCUT2D eigenvalue weighted by Crippen LogP contribution is 2.35. The summed E-state index contributed by atoms with van der Waals surface area (Å²) in [5.41, 5.74) is 5.81. The molecule has 20 heavy (non-hydrogen) atoms. The summed E-state index contributed by atoms with van der Waals surface area (Å²) in [4.78, 5) is 23.5. The summed E-state index contributed by atoms with van der Waals surface area (Å²) in [6, 6.07) is 4.85. The van der Waals surface area contributed by atoms with Crippen molar-refractivity contribution in [2.24, 2.45) is 5.73 Å². The number of nitrogens with zero attached hydrogens (tertiary/aromatic N) is 1. The fourth-order valence-corrected chi connectivity index (χ4v) is 2.48. The molecule has 3 N–H and O–H groups in total. The second-order valence-electron chi connectivity index (χ2n) is 5.02.